The molecule has 1 atom stereocenters. The van der Waals surface area contributed by atoms with Crippen LogP contribution in [0.3, 0.4) is 0 Å². The second kappa shape index (κ2) is 6.20. The molecule has 0 unspecified atom stereocenters. The normalized spacial score (nSPS) is 12.5. The molecule has 118 valence electrons. The van der Waals surface area contributed by atoms with Gasteiger partial charge in [-0.1, -0.05) is 38.1 Å². The third-order valence-corrected chi connectivity index (χ3v) is 3.96. The van der Waals surface area contributed by atoms with E-state index in [-0.39, 0.29) is 17.9 Å². The lowest BCUT2D eigenvalue weighted by Gasteiger charge is -2.21. The molecule has 0 saturated carbocycles. The molecular formula is C18H20N4O. The summed E-state index contributed by atoms with van der Waals surface area (Å²) in [4.78, 5) is 12.6. The summed E-state index contributed by atoms with van der Waals surface area (Å²) < 4.78 is 1.92. The molecule has 1 aromatic carbocycles. The number of nitrogens with zero attached hydrogens (tertiary/aromatic N) is 3. The van der Waals surface area contributed by atoms with Gasteiger partial charge in [0.15, 0.2) is 11.5 Å². The van der Waals surface area contributed by atoms with E-state index in [0.717, 1.165) is 17.0 Å². The number of hydrogen-bond acceptors (Lipinski definition) is 3. The maximum Gasteiger partial charge on any atom is 0.252 e. The highest BCUT2D eigenvalue weighted by molar-refractivity contribution is 5.95. The fourth-order valence-electron chi connectivity index (χ4n) is 2.65. The maximum atomic E-state index is 12.6. The van der Waals surface area contributed by atoms with E-state index >= 15 is 0 Å². The van der Waals surface area contributed by atoms with Crippen LogP contribution in [-0.2, 0) is 0 Å². The quantitative estimate of drug-likeness (QED) is 0.805. The van der Waals surface area contributed by atoms with Crippen molar-refractivity contribution in [2.24, 2.45) is 5.92 Å². The van der Waals surface area contributed by atoms with Crippen molar-refractivity contribution in [3.63, 3.8) is 0 Å². The lowest BCUT2D eigenvalue weighted by molar-refractivity contribution is 0.0922. The van der Waals surface area contributed by atoms with Crippen LogP contribution >= 0.6 is 0 Å². The Labute approximate surface area is 135 Å². The van der Waals surface area contributed by atoms with Crippen molar-refractivity contribution < 1.29 is 4.79 Å². The Morgan fingerprint density at radius 2 is 1.83 bits per heavy atom. The summed E-state index contributed by atoms with van der Waals surface area (Å²) in [6.07, 6.45) is 1.92. The number of aromatic nitrogens is 3. The van der Waals surface area contributed by atoms with E-state index in [1.54, 1.807) is 0 Å². The van der Waals surface area contributed by atoms with Gasteiger partial charge in [0.25, 0.3) is 5.91 Å². The summed E-state index contributed by atoms with van der Waals surface area (Å²) in [6.45, 7) is 6.06. The van der Waals surface area contributed by atoms with Gasteiger partial charge in [0.1, 0.15) is 0 Å². The fourth-order valence-corrected chi connectivity index (χ4v) is 2.65. The van der Waals surface area contributed by atoms with E-state index in [9.17, 15) is 4.79 Å². The molecule has 23 heavy (non-hydrogen) atoms. The Hall–Kier alpha value is -2.69. The molecule has 0 aliphatic carbocycles. The van der Waals surface area contributed by atoms with Crippen molar-refractivity contribution in [1.82, 2.24) is 19.9 Å². The molecule has 5 heteroatoms. The number of pyridine rings is 1. The zero-order chi connectivity index (χ0) is 16.4. The molecule has 0 spiro atoms. The van der Waals surface area contributed by atoms with Crippen molar-refractivity contribution in [3.8, 4) is 0 Å². The van der Waals surface area contributed by atoms with Crippen LogP contribution in [0, 0.1) is 12.8 Å². The minimum absolute atomic E-state index is 0.0884. The van der Waals surface area contributed by atoms with Gasteiger partial charge in [-0.05, 0) is 36.6 Å². The molecule has 0 aliphatic heterocycles. The number of benzene rings is 1. The largest absolute Gasteiger partial charge is 0.342 e. The number of fused-ring (bicyclic) bond motifs is 1. The standard InChI is InChI=1S/C18H20N4O/c1-12(2)16(17-21-20-15-10-6-7-11-22(15)17)19-18(23)14-9-5-4-8-13(14)3/h4-12,16H,1-3H3,(H,19,23)/t16-/m0/s1. The molecule has 2 heterocycles. The van der Waals surface area contributed by atoms with Crippen molar-refractivity contribution in [1.29, 1.82) is 0 Å². The molecule has 1 N–H and O–H groups in total. The lowest BCUT2D eigenvalue weighted by Crippen LogP contribution is -2.33. The first-order chi connectivity index (χ1) is 11.1. The second-order valence-corrected chi connectivity index (χ2v) is 6.00. The first-order valence-electron chi connectivity index (χ1n) is 7.74. The van der Waals surface area contributed by atoms with Crippen LogP contribution in [0.4, 0.5) is 0 Å². The highest BCUT2D eigenvalue weighted by Gasteiger charge is 2.24. The molecule has 5 nitrogen and oxygen atoms in total. The average Bonchev–Trinajstić information content (AvgIpc) is 2.96. The predicted molar refractivity (Wildman–Crippen MR) is 89.2 cm³/mol. The topological polar surface area (TPSA) is 59.3 Å². The molecular weight excluding hydrogens is 288 g/mol. The highest BCUT2D eigenvalue weighted by Crippen LogP contribution is 2.21. The summed E-state index contributed by atoms with van der Waals surface area (Å²) in [5.74, 6) is 0.850. The van der Waals surface area contributed by atoms with E-state index in [4.69, 9.17) is 0 Å². The lowest BCUT2D eigenvalue weighted by atomic mass is 10.0. The van der Waals surface area contributed by atoms with Crippen LogP contribution < -0.4 is 5.32 Å². The Kier molecular flexibility index (Phi) is 4.10. The van der Waals surface area contributed by atoms with Gasteiger partial charge < -0.3 is 5.32 Å². The second-order valence-electron chi connectivity index (χ2n) is 6.00. The van der Waals surface area contributed by atoms with Crippen LogP contribution in [0.15, 0.2) is 48.7 Å². The number of aryl methyl sites for hydroxylation is 1. The molecule has 3 rings (SSSR count). The van der Waals surface area contributed by atoms with Crippen LogP contribution in [0.5, 0.6) is 0 Å². The van der Waals surface area contributed by atoms with E-state index in [1.165, 1.54) is 0 Å². The zero-order valence-corrected chi connectivity index (χ0v) is 13.5. The van der Waals surface area contributed by atoms with Crippen molar-refractivity contribution in [3.05, 3.63) is 65.6 Å². The highest BCUT2D eigenvalue weighted by atomic mass is 16.1. The van der Waals surface area contributed by atoms with Crippen LogP contribution in [0.2, 0.25) is 0 Å². The fraction of sp³-hybridized carbons (Fsp3) is 0.278. The molecule has 0 fully saturated rings. The first kappa shape index (κ1) is 15.2. The van der Waals surface area contributed by atoms with Crippen molar-refractivity contribution in [2.75, 3.05) is 0 Å². The third-order valence-electron chi connectivity index (χ3n) is 3.96. The SMILES string of the molecule is Cc1ccccc1C(=O)N[C@H](c1nnc2ccccn12)C(C)C. The Bertz CT molecular complexity index is 838. The molecule has 0 aliphatic rings. The number of rotatable bonds is 4. The third kappa shape index (κ3) is 2.95. The van der Waals surface area contributed by atoms with Gasteiger partial charge in [0.2, 0.25) is 0 Å². The van der Waals surface area contributed by atoms with E-state index in [1.807, 2.05) is 60.0 Å². The van der Waals surface area contributed by atoms with E-state index < -0.39 is 0 Å². The number of nitrogens with one attached hydrogen (secondary N) is 1. The molecule has 1 amide bonds. The van der Waals surface area contributed by atoms with Crippen molar-refractivity contribution >= 4 is 11.6 Å². The monoisotopic (exact) mass is 308 g/mol. The summed E-state index contributed by atoms with van der Waals surface area (Å²) >= 11 is 0. The average molecular weight is 308 g/mol. The van der Waals surface area contributed by atoms with Crippen LogP contribution in [-0.4, -0.2) is 20.5 Å². The molecule has 3 aromatic rings. The Morgan fingerprint density at radius 3 is 2.57 bits per heavy atom. The molecule has 0 saturated heterocycles. The van der Waals surface area contributed by atoms with E-state index in [0.29, 0.717) is 5.56 Å². The maximum absolute atomic E-state index is 12.6. The number of carbonyl (C=O) groups excluding carboxylic acids is 1. The molecule has 2 aromatic heterocycles. The molecule has 0 bridgehead atoms. The zero-order valence-electron chi connectivity index (χ0n) is 13.5. The number of carbonyl (C=O) groups is 1. The van der Waals surface area contributed by atoms with E-state index in [2.05, 4.69) is 29.4 Å². The number of amides is 1. The van der Waals surface area contributed by atoms with Crippen molar-refractivity contribution in [2.45, 2.75) is 26.8 Å². The number of hydrogen-bond donors (Lipinski definition) is 1. The van der Waals surface area contributed by atoms with Gasteiger partial charge in [-0.15, -0.1) is 10.2 Å². The van der Waals surface area contributed by atoms with Gasteiger partial charge in [-0.25, -0.2) is 0 Å². The first-order valence-corrected chi connectivity index (χ1v) is 7.74. The van der Waals surface area contributed by atoms with Crippen LogP contribution in [0.25, 0.3) is 5.65 Å². The Morgan fingerprint density at radius 1 is 1.09 bits per heavy atom. The summed E-state index contributed by atoms with van der Waals surface area (Å²) in [5.41, 5.74) is 2.42. The predicted octanol–water partition coefficient (Wildman–Crippen LogP) is 3.16. The minimum atomic E-state index is -0.209. The smallest absolute Gasteiger partial charge is 0.252 e. The van der Waals surface area contributed by atoms with Gasteiger partial charge in [0.05, 0.1) is 6.04 Å². The van der Waals surface area contributed by atoms with Gasteiger partial charge in [-0.3, -0.25) is 9.20 Å². The van der Waals surface area contributed by atoms with Gasteiger partial charge in [0, 0.05) is 11.8 Å². The Balaban J connectivity index is 1.94. The minimum Gasteiger partial charge on any atom is -0.342 e. The van der Waals surface area contributed by atoms with Gasteiger partial charge in [-0.2, -0.15) is 0 Å². The summed E-state index contributed by atoms with van der Waals surface area (Å²) in [5, 5.41) is 11.6. The van der Waals surface area contributed by atoms with Gasteiger partial charge >= 0.3 is 0 Å². The molecule has 0 radical (unpaired) electrons. The summed E-state index contributed by atoms with van der Waals surface area (Å²) in [7, 11) is 0. The van der Waals surface area contributed by atoms with Crippen LogP contribution in [0.1, 0.15) is 41.6 Å². The summed E-state index contributed by atoms with van der Waals surface area (Å²) in [6, 6.07) is 13.1.